The number of hydrogen-bond acceptors (Lipinski definition) is 4. The van der Waals surface area contributed by atoms with E-state index in [1.165, 1.54) is 0 Å². The van der Waals surface area contributed by atoms with Crippen molar-refractivity contribution in [2.24, 2.45) is 0 Å². The minimum Gasteiger partial charge on any atom is -0.444 e. The standard InChI is InChI=1S/C14H26FNO4S/c1-13(2,3)20-12(17)16-14(11-21(15,18)19)9-7-5-4-6-8-10-14/h4-11H2,1-3H3,(H,16,17). The van der Waals surface area contributed by atoms with Gasteiger partial charge in [-0.25, -0.2) is 4.79 Å². The molecule has 1 fully saturated rings. The molecule has 0 aliphatic heterocycles. The Hall–Kier alpha value is -0.850. The molecule has 0 radical (unpaired) electrons. The van der Waals surface area contributed by atoms with Crippen molar-refractivity contribution < 1.29 is 21.8 Å². The molecule has 0 aromatic heterocycles. The lowest BCUT2D eigenvalue weighted by molar-refractivity contribution is 0.0448. The zero-order valence-corrected chi connectivity index (χ0v) is 13.9. The average molecular weight is 323 g/mol. The molecule has 0 saturated heterocycles. The highest BCUT2D eigenvalue weighted by atomic mass is 32.3. The van der Waals surface area contributed by atoms with Crippen molar-refractivity contribution in [1.82, 2.24) is 5.32 Å². The minimum absolute atomic E-state index is 0.454. The summed E-state index contributed by atoms with van der Waals surface area (Å²) in [4.78, 5) is 12.0. The predicted molar refractivity (Wildman–Crippen MR) is 79.3 cm³/mol. The van der Waals surface area contributed by atoms with E-state index < -0.39 is 33.2 Å². The van der Waals surface area contributed by atoms with Gasteiger partial charge in [0.25, 0.3) is 0 Å². The summed E-state index contributed by atoms with van der Waals surface area (Å²) in [5.74, 6) is -0.681. The summed E-state index contributed by atoms with van der Waals surface area (Å²) in [5.41, 5.74) is -1.74. The quantitative estimate of drug-likeness (QED) is 0.809. The van der Waals surface area contributed by atoms with Crippen molar-refractivity contribution in [2.45, 2.75) is 76.9 Å². The number of halogens is 1. The highest BCUT2D eigenvalue weighted by molar-refractivity contribution is 7.86. The fourth-order valence-electron chi connectivity index (χ4n) is 2.74. The van der Waals surface area contributed by atoms with Crippen molar-refractivity contribution in [3.05, 3.63) is 0 Å². The molecule has 124 valence electrons. The molecule has 0 bridgehead atoms. The number of hydrogen-bond donors (Lipinski definition) is 1. The fraction of sp³-hybridized carbons (Fsp3) is 0.929. The van der Waals surface area contributed by atoms with Crippen LogP contribution in [0.1, 0.15) is 65.7 Å². The maximum Gasteiger partial charge on any atom is 0.408 e. The van der Waals surface area contributed by atoms with Crippen molar-refractivity contribution in [2.75, 3.05) is 5.75 Å². The van der Waals surface area contributed by atoms with Crippen molar-refractivity contribution in [1.29, 1.82) is 0 Å². The van der Waals surface area contributed by atoms with Crippen LogP contribution in [0.25, 0.3) is 0 Å². The second-order valence-electron chi connectivity index (χ2n) is 6.86. The van der Waals surface area contributed by atoms with E-state index in [9.17, 15) is 17.1 Å². The van der Waals surface area contributed by atoms with E-state index in [0.29, 0.717) is 12.8 Å². The van der Waals surface area contributed by atoms with E-state index >= 15 is 0 Å². The van der Waals surface area contributed by atoms with Crippen LogP contribution >= 0.6 is 0 Å². The summed E-state index contributed by atoms with van der Waals surface area (Å²) in [7, 11) is -4.67. The first-order valence-corrected chi connectivity index (χ1v) is 9.00. The van der Waals surface area contributed by atoms with Crippen LogP contribution in [0.5, 0.6) is 0 Å². The van der Waals surface area contributed by atoms with Crippen molar-refractivity contribution >= 4 is 16.3 Å². The maximum atomic E-state index is 13.2. The molecule has 0 spiro atoms. The zero-order valence-electron chi connectivity index (χ0n) is 13.1. The SMILES string of the molecule is CC(C)(C)OC(=O)NC1(CS(=O)(=O)F)CCCCCCC1. The van der Waals surface area contributed by atoms with E-state index in [4.69, 9.17) is 4.74 Å². The summed E-state index contributed by atoms with van der Waals surface area (Å²) in [5, 5.41) is 2.63. The minimum atomic E-state index is -4.67. The van der Waals surface area contributed by atoms with E-state index in [1.807, 2.05) is 0 Å². The Morgan fingerprint density at radius 2 is 1.62 bits per heavy atom. The Balaban J connectivity index is 2.87. The Kier molecular flexibility index (Phi) is 6.01. The van der Waals surface area contributed by atoms with Gasteiger partial charge in [-0.2, -0.15) is 8.42 Å². The van der Waals surface area contributed by atoms with Gasteiger partial charge in [0.05, 0.1) is 5.54 Å². The van der Waals surface area contributed by atoms with Crippen LogP contribution < -0.4 is 5.32 Å². The number of alkyl carbamates (subject to hydrolysis) is 1. The summed E-state index contributed by atoms with van der Waals surface area (Å²) in [6.45, 7) is 5.18. The first-order chi connectivity index (χ1) is 9.52. The van der Waals surface area contributed by atoms with Crippen LogP contribution in [0.3, 0.4) is 0 Å². The lowest BCUT2D eigenvalue weighted by Gasteiger charge is -2.35. The Bertz CT molecular complexity index is 448. The van der Waals surface area contributed by atoms with Crippen LogP contribution in [0.2, 0.25) is 0 Å². The summed E-state index contributed by atoms with van der Waals surface area (Å²) < 4.78 is 40.6. The molecule has 0 aromatic carbocycles. The van der Waals surface area contributed by atoms with Crippen LogP contribution in [0.4, 0.5) is 8.68 Å². The van der Waals surface area contributed by atoms with E-state index in [0.717, 1.165) is 32.1 Å². The van der Waals surface area contributed by atoms with Gasteiger partial charge in [-0.15, -0.1) is 3.89 Å². The maximum absolute atomic E-state index is 13.2. The molecule has 21 heavy (non-hydrogen) atoms. The molecule has 1 aliphatic rings. The molecular formula is C14H26FNO4S. The third-order valence-corrected chi connectivity index (χ3v) is 4.42. The fourth-order valence-corrected chi connectivity index (χ4v) is 3.76. The van der Waals surface area contributed by atoms with Gasteiger partial charge in [-0.05, 0) is 33.6 Å². The summed E-state index contributed by atoms with van der Waals surface area (Å²) in [6.07, 6.45) is 4.77. The number of amides is 1. The molecule has 1 rings (SSSR count). The third-order valence-electron chi connectivity index (χ3n) is 3.53. The molecule has 1 N–H and O–H groups in total. The molecular weight excluding hydrogens is 297 g/mol. The lowest BCUT2D eigenvalue weighted by Crippen LogP contribution is -2.54. The molecule has 0 atom stereocenters. The second-order valence-corrected chi connectivity index (χ2v) is 8.22. The number of ether oxygens (including phenoxy) is 1. The molecule has 7 heteroatoms. The average Bonchev–Trinajstić information content (AvgIpc) is 2.18. The van der Waals surface area contributed by atoms with Gasteiger partial charge < -0.3 is 10.1 Å². The zero-order chi connectivity index (χ0) is 16.1. The van der Waals surface area contributed by atoms with Crippen LogP contribution in [0.15, 0.2) is 0 Å². The highest BCUT2D eigenvalue weighted by Gasteiger charge is 2.38. The molecule has 0 unspecified atom stereocenters. The van der Waals surface area contributed by atoms with Gasteiger partial charge in [0, 0.05) is 0 Å². The normalized spacial score (nSPS) is 20.2. The van der Waals surface area contributed by atoms with E-state index in [-0.39, 0.29) is 0 Å². The number of nitrogens with one attached hydrogen (secondary N) is 1. The Morgan fingerprint density at radius 1 is 1.14 bits per heavy atom. The number of rotatable bonds is 3. The monoisotopic (exact) mass is 323 g/mol. The van der Waals surface area contributed by atoms with Gasteiger partial charge in [0.1, 0.15) is 11.4 Å². The number of carbonyl (C=O) groups is 1. The van der Waals surface area contributed by atoms with Gasteiger partial charge in [-0.1, -0.05) is 32.1 Å². The summed E-state index contributed by atoms with van der Waals surface area (Å²) in [6, 6.07) is 0. The molecule has 0 aromatic rings. The van der Waals surface area contributed by atoms with Crippen molar-refractivity contribution in [3.63, 3.8) is 0 Å². The van der Waals surface area contributed by atoms with E-state index in [1.54, 1.807) is 20.8 Å². The Labute approximate surface area is 126 Å². The molecule has 1 amide bonds. The molecule has 1 saturated carbocycles. The largest absolute Gasteiger partial charge is 0.444 e. The first kappa shape index (κ1) is 18.2. The molecule has 0 heterocycles. The van der Waals surface area contributed by atoms with Gasteiger partial charge in [0.2, 0.25) is 0 Å². The van der Waals surface area contributed by atoms with Crippen molar-refractivity contribution in [3.8, 4) is 0 Å². The smallest absolute Gasteiger partial charge is 0.408 e. The first-order valence-electron chi connectivity index (χ1n) is 7.45. The van der Waals surface area contributed by atoms with Crippen LogP contribution in [-0.4, -0.2) is 31.4 Å². The molecule has 5 nitrogen and oxygen atoms in total. The topological polar surface area (TPSA) is 72.5 Å². The van der Waals surface area contributed by atoms with E-state index in [2.05, 4.69) is 5.32 Å². The van der Waals surface area contributed by atoms with Gasteiger partial charge in [-0.3, -0.25) is 0 Å². The number of carbonyl (C=O) groups excluding carboxylic acids is 1. The Morgan fingerprint density at radius 3 is 2.05 bits per heavy atom. The lowest BCUT2D eigenvalue weighted by atomic mass is 9.85. The van der Waals surface area contributed by atoms with Gasteiger partial charge >= 0.3 is 16.3 Å². The van der Waals surface area contributed by atoms with Crippen LogP contribution in [-0.2, 0) is 15.0 Å². The van der Waals surface area contributed by atoms with Gasteiger partial charge in [0.15, 0.2) is 0 Å². The summed E-state index contributed by atoms with van der Waals surface area (Å²) >= 11 is 0. The molecule has 1 aliphatic carbocycles. The second kappa shape index (κ2) is 6.94. The predicted octanol–water partition coefficient (Wildman–Crippen LogP) is 3.29. The van der Waals surface area contributed by atoms with Crippen LogP contribution in [0, 0.1) is 0 Å². The highest BCUT2D eigenvalue weighted by Crippen LogP contribution is 2.29. The third kappa shape index (κ3) is 7.64.